The monoisotopic (exact) mass is 578 g/mol. The van der Waals surface area contributed by atoms with Gasteiger partial charge in [-0.2, -0.15) is 0 Å². The summed E-state index contributed by atoms with van der Waals surface area (Å²) in [6.07, 6.45) is 4.24. The predicted molar refractivity (Wildman–Crippen MR) is 161 cm³/mol. The first kappa shape index (κ1) is 30.4. The molecule has 0 aromatic heterocycles. The van der Waals surface area contributed by atoms with Crippen molar-refractivity contribution in [3.8, 4) is 11.5 Å². The second kappa shape index (κ2) is 16.0. The summed E-state index contributed by atoms with van der Waals surface area (Å²) < 4.78 is 17.5. The minimum atomic E-state index is -0.255. The summed E-state index contributed by atoms with van der Waals surface area (Å²) in [5.41, 5.74) is 1.62. The van der Waals surface area contributed by atoms with Crippen LogP contribution < -0.4 is 9.47 Å². The molecule has 0 bridgehead atoms. The summed E-state index contributed by atoms with van der Waals surface area (Å²) in [5.74, 6) is 0.927. The number of rotatable bonds is 8. The number of carbonyl (C=O) groups excluding carboxylic acids is 2. The van der Waals surface area contributed by atoms with Crippen molar-refractivity contribution >= 4 is 23.4 Å². The summed E-state index contributed by atoms with van der Waals surface area (Å²) in [6.45, 7) is 2.39. The molecule has 41 heavy (non-hydrogen) atoms. The van der Waals surface area contributed by atoms with Gasteiger partial charge in [-0.15, -0.1) is 0 Å². The summed E-state index contributed by atoms with van der Waals surface area (Å²) in [5, 5.41) is 0.610. The first-order valence-electron chi connectivity index (χ1n) is 14.3. The van der Waals surface area contributed by atoms with Gasteiger partial charge in [-0.1, -0.05) is 66.9 Å². The van der Waals surface area contributed by atoms with Gasteiger partial charge in [0.1, 0.15) is 18.1 Å². The third-order valence-corrected chi connectivity index (χ3v) is 7.48. The molecule has 3 aromatic carbocycles. The van der Waals surface area contributed by atoms with E-state index in [2.05, 4.69) is 12.1 Å². The van der Waals surface area contributed by atoms with Crippen molar-refractivity contribution < 1.29 is 23.8 Å². The number of halogens is 1. The highest BCUT2D eigenvalue weighted by Crippen LogP contribution is 2.23. The largest absolute Gasteiger partial charge is 0.491 e. The normalized spacial score (nSPS) is 16.8. The van der Waals surface area contributed by atoms with Gasteiger partial charge in [-0.25, -0.2) is 0 Å². The standard InChI is InChI=1S/C33H39ClN2O5/c1-39-22-21-35-19-9-2-3-10-20-36(32(37)25-40-29-17-15-27(34)16-18-29)28(23-26-11-5-4-6-12-26)24-41-31-14-8-7-13-30(31)33(35)38/h4-8,11-18,28H,2-3,9-10,19-25H2,1H3/t28-/m0/s1. The zero-order chi connectivity index (χ0) is 28.9. The molecule has 0 saturated heterocycles. The van der Waals surface area contributed by atoms with E-state index in [1.165, 1.54) is 0 Å². The third kappa shape index (κ3) is 9.23. The molecular weight excluding hydrogens is 540 g/mol. The topological polar surface area (TPSA) is 68.3 Å². The average Bonchev–Trinajstić information content (AvgIpc) is 3.00. The van der Waals surface area contributed by atoms with Crippen LogP contribution in [-0.2, 0) is 16.0 Å². The molecule has 3 aromatic rings. The van der Waals surface area contributed by atoms with Crippen LogP contribution >= 0.6 is 11.6 Å². The molecule has 1 aliphatic heterocycles. The van der Waals surface area contributed by atoms with Gasteiger partial charge in [0, 0.05) is 31.8 Å². The van der Waals surface area contributed by atoms with E-state index < -0.39 is 0 Å². The molecule has 1 aliphatic rings. The summed E-state index contributed by atoms with van der Waals surface area (Å²) in [7, 11) is 1.64. The summed E-state index contributed by atoms with van der Waals surface area (Å²) in [6, 6.07) is 24.2. The fourth-order valence-corrected chi connectivity index (χ4v) is 5.12. The maximum atomic E-state index is 13.7. The molecule has 4 rings (SSSR count). The van der Waals surface area contributed by atoms with E-state index in [9.17, 15) is 9.59 Å². The van der Waals surface area contributed by atoms with Gasteiger partial charge in [0.15, 0.2) is 6.61 Å². The molecule has 0 unspecified atom stereocenters. The Morgan fingerprint density at radius 2 is 1.63 bits per heavy atom. The minimum absolute atomic E-state index is 0.0707. The van der Waals surface area contributed by atoms with Crippen LogP contribution in [0.15, 0.2) is 78.9 Å². The van der Waals surface area contributed by atoms with Crippen molar-refractivity contribution in [2.24, 2.45) is 0 Å². The zero-order valence-corrected chi connectivity index (χ0v) is 24.4. The van der Waals surface area contributed by atoms with Crippen LogP contribution in [-0.4, -0.2) is 74.2 Å². The Labute approximate surface area is 248 Å². The first-order valence-corrected chi connectivity index (χ1v) is 14.6. The molecule has 8 heteroatoms. The lowest BCUT2D eigenvalue weighted by Crippen LogP contribution is -2.47. The third-order valence-electron chi connectivity index (χ3n) is 7.23. The van der Waals surface area contributed by atoms with Gasteiger partial charge >= 0.3 is 0 Å². The quantitative estimate of drug-likeness (QED) is 0.333. The molecule has 0 N–H and O–H groups in total. The maximum Gasteiger partial charge on any atom is 0.260 e. The van der Waals surface area contributed by atoms with Crippen molar-refractivity contribution in [2.75, 3.05) is 46.6 Å². The van der Waals surface area contributed by atoms with Crippen LogP contribution in [0.3, 0.4) is 0 Å². The molecule has 2 amide bonds. The zero-order valence-electron chi connectivity index (χ0n) is 23.7. The predicted octanol–water partition coefficient (Wildman–Crippen LogP) is 5.90. The average molecular weight is 579 g/mol. The second-order valence-corrected chi connectivity index (χ2v) is 10.6. The van der Waals surface area contributed by atoms with E-state index in [1.54, 1.807) is 37.4 Å². The number of amides is 2. The molecule has 0 spiro atoms. The van der Waals surface area contributed by atoms with Crippen molar-refractivity contribution in [3.05, 3.63) is 95.0 Å². The van der Waals surface area contributed by atoms with Crippen LogP contribution in [0.5, 0.6) is 11.5 Å². The molecule has 0 radical (unpaired) electrons. The second-order valence-electron chi connectivity index (χ2n) is 10.2. The van der Waals surface area contributed by atoms with Gasteiger partial charge in [-0.05, 0) is 61.2 Å². The van der Waals surface area contributed by atoms with Gasteiger partial charge in [-0.3, -0.25) is 9.59 Å². The molecule has 7 nitrogen and oxygen atoms in total. The number of carbonyl (C=O) groups is 2. The number of hydrogen-bond donors (Lipinski definition) is 0. The van der Waals surface area contributed by atoms with E-state index in [4.69, 9.17) is 25.8 Å². The maximum absolute atomic E-state index is 13.7. The SMILES string of the molecule is COCCN1CCCCCCN(C(=O)COc2ccc(Cl)cc2)[C@@H](Cc2ccccc2)COc2ccccc2C1=O. The Morgan fingerprint density at radius 3 is 2.39 bits per heavy atom. The smallest absolute Gasteiger partial charge is 0.260 e. The molecule has 0 aliphatic carbocycles. The fourth-order valence-electron chi connectivity index (χ4n) is 5.00. The fraction of sp³-hybridized carbons (Fsp3) is 0.394. The van der Waals surface area contributed by atoms with Crippen molar-refractivity contribution in [1.82, 2.24) is 9.80 Å². The van der Waals surface area contributed by atoms with Crippen LogP contribution in [0.25, 0.3) is 0 Å². The van der Waals surface area contributed by atoms with Crippen molar-refractivity contribution in [1.29, 1.82) is 0 Å². The Kier molecular flexibility index (Phi) is 11.9. The Bertz CT molecular complexity index is 1240. The van der Waals surface area contributed by atoms with Crippen LogP contribution in [0.1, 0.15) is 41.6 Å². The van der Waals surface area contributed by atoms with Crippen molar-refractivity contribution in [2.45, 2.75) is 38.1 Å². The summed E-state index contributed by atoms with van der Waals surface area (Å²) in [4.78, 5) is 31.0. The highest BCUT2D eigenvalue weighted by atomic mass is 35.5. The van der Waals surface area contributed by atoms with Crippen molar-refractivity contribution in [3.63, 3.8) is 0 Å². The van der Waals surface area contributed by atoms with Gasteiger partial charge < -0.3 is 24.0 Å². The van der Waals surface area contributed by atoms with E-state index in [0.29, 0.717) is 54.7 Å². The number of nitrogens with zero attached hydrogens (tertiary/aromatic N) is 2. The molecule has 218 valence electrons. The Hall–Kier alpha value is -3.55. The lowest BCUT2D eigenvalue weighted by molar-refractivity contribution is -0.136. The van der Waals surface area contributed by atoms with E-state index in [-0.39, 0.29) is 31.1 Å². The lowest BCUT2D eigenvalue weighted by Gasteiger charge is -2.33. The number of para-hydroxylation sites is 1. The molecule has 0 fully saturated rings. The number of fused-ring (bicyclic) bond motifs is 1. The number of hydrogen-bond acceptors (Lipinski definition) is 5. The van der Waals surface area contributed by atoms with Gasteiger partial charge in [0.2, 0.25) is 0 Å². The van der Waals surface area contributed by atoms with Gasteiger partial charge in [0.05, 0.1) is 18.2 Å². The van der Waals surface area contributed by atoms with Crippen LogP contribution in [0.4, 0.5) is 0 Å². The molecule has 0 saturated carbocycles. The number of methoxy groups -OCH3 is 1. The van der Waals surface area contributed by atoms with Gasteiger partial charge in [0.25, 0.3) is 11.8 Å². The first-order chi connectivity index (χ1) is 20.0. The lowest BCUT2D eigenvalue weighted by atomic mass is 10.0. The van der Waals surface area contributed by atoms with E-state index >= 15 is 0 Å². The minimum Gasteiger partial charge on any atom is -0.491 e. The van der Waals surface area contributed by atoms with Crippen LogP contribution in [0.2, 0.25) is 5.02 Å². The molecule has 1 atom stereocenters. The Morgan fingerprint density at radius 1 is 0.927 bits per heavy atom. The number of benzene rings is 3. The highest BCUT2D eigenvalue weighted by Gasteiger charge is 2.27. The highest BCUT2D eigenvalue weighted by molar-refractivity contribution is 6.30. The van der Waals surface area contributed by atoms with Crippen LogP contribution in [0, 0.1) is 0 Å². The Balaban J connectivity index is 1.59. The molecule has 1 heterocycles. The number of ether oxygens (including phenoxy) is 3. The van der Waals surface area contributed by atoms with E-state index in [1.807, 2.05) is 46.2 Å². The summed E-state index contributed by atoms with van der Waals surface area (Å²) >= 11 is 6.00. The van der Waals surface area contributed by atoms with E-state index in [0.717, 1.165) is 31.2 Å². The molecular formula is C33H39ClN2O5.